The number of carbonyl (C=O) groups is 3. The third-order valence-electron chi connectivity index (χ3n) is 2.24. The van der Waals surface area contributed by atoms with Crippen molar-refractivity contribution in [3.05, 3.63) is 41.5 Å². The summed E-state index contributed by atoms with van der Waals surface area (Å²) in [7, 11) is 0. The van der Waals surface area contributed by atoms with Crippen LogP contribution in [0.15, 0.2) is 30.4 Å². The van der Waals surface area contributed by atoms with Gasteiger partial charge in [-0.3, -0.25) is 0 Å². The van der Waals surface area contributed by atoms with Crippen molar-refractivity contribution in [3.63, 3.8) is 0 Å². The Morgan fingerprint density at radius 2 is 1.60 bits per heavy atom. The number of benzene rings is 1. The summed E-state index contributed by atoms with van der Waals surface area (Å²) in [5.41, 5.74) is 0.382. The maximum absolute atomic E-state index is 11.5. The number of urea groups is 1. The number of hydrogen-bond donors (Lipinski definition) is 4. The predicted octanol–water partition coefficient (Wildman–Crippen LogP) is 1.78. The van der Waals surface area contributed by atoms with Gasteiger partial charge in [0.15, 0.2) is 0 Å². The molecule has 1 aromatic rings. The average molecular weight is 278 g/mol. The van der Waals surface area contributed by atoms with Crippen LogP contribution in [0.3, 0.4) is 0 Å². The summed E-state index contributed by atoms with van der Waals surface area (Å²) in [5.74, 6) is -2.56. The lowest BCUT2D eigenvalue weighted by molar-refractivity contribution is 0.0696. The molecule has 0 saturated heterocycles. The topological polar surface area (TPSA) is 116 Å². The van der Waals surface area contributed by atoms with Gasteiger partial charge in [-0.25, -0.2) is 14.4 Å². The maximum Gasteiger partial charge on any atom is 0.335 e. The fraction of sp³-hybridized carbons (Fsp3) is 0.154. The molecule has 1 rings (SSSR count). The molecule has 0 aliphatic carbocycles. The molecular formula is C13H14N2O5. The molecule has 4 N–H and O–H groups in total. The Labute approximate surface area is 114 Å². The van der Waals surface area contributed by atoms with Crippen molar-refractivity contribution in [3.8, 4) is 0 Å². The van der Waals surface area contributed by atoms with E-state index < -0.39 is 18.0 Å². The number of aromatic carboxylic acids is 2. The highest BCUT2D eigenvalue weighted by molar-refractivity contribution is 5.98. The SMILES string of the molecule is C=C(C)CNC(=O)Nc1cc(C(=O)O)cc(C(=O)O)c1. The van der Waals surface area contributed by atoms with Gasteiger partial charge in [0.25, 0.3) is 0 Å². The van der Waals surface area contributed by atoms with Crippen molar-refractivity contribution in [2.24, 2.45) is 0 Å². The monoisotopic (exact) mass is 278 g/mol. The number of carbonyl (C=O) groups excluding carboxylic acids is 1. The van der Waals surface area contributed by atoms with Gasteiger partial charge in [0.05, 0.1) is 11.1 Å². The summed E-state index contributed by atoms with van der Waals surface area (Å²) in [6, 6.07) is 2.79. The van der Waals surface area contributed by atoms with Gasteiger partial charge in [-0.15, -0.1) is 0 Å². The summed E-state index contributed by atoms with van der Waals surface area (Å²) in [6.07, 6.45) is 0. The molecule has 0 saturated carbocycles. The van der Waals surface area contributed by atoms with Crippen molar-refractivity contribution in [2.75, 3.05) is 11.9 Å². The van der Waals surface area contributed by atoms with Crippen LogP contribution in [0, 0.1) is 0 Å². The Hall–Kier alpha value is -2.83. The van der Waals surface area contributed by atoms with Crippen molar-refractivity contribution in [1.29, 1.82) is 0 Å². The summed E-state index contributed by atoms with van der Waals surface area (Å²) in [4.78, 5) is 33.3. The van der Waals surface area contributed by atoms with Gasteiger partial charge >= 0.3 is 18.0 Å². The van der Waals surface area contributed by atoms with Gasteiger partial charge in [0, 0.05) is 12.2 Å². The smallest absolute Gasteiger partial charge is 0.335 e. The van der Waals surface area contributed by atoms with Crippen molar-refractivity contribution in [1.82, 2.24) is 5.32 Å². The van der Waals surface area contributed by atoms with Gasteiger partial charge in [0.1, 0.15) is 0 Å². The molecular weight excluding hydrogens is 264 g/mol. The first-order valence-electron chi connectivity index (χ1n) is 5.60. The highest BCUT2D eigenvalue weighted by atomic mass is 16.4. The summed E-state index contributed by atoms with van der Waals surface area (Å²) >= 11 is 0. The Bertz CT molecular complexity index is 548. The lowest BCUT2D eigenvalue weighted by Gasteiger charge is -2.09. The number of anilines is 1. The van der Waals surface area contributed by atoms with Crippen LogP contribution in [0.5, 0.6) is 0 Å². The van der Waals surface area contributed by atoms with E-state index in [-0.39, 0.29) is 23.4 Å². The van der Waals surface area contributed by atoms with Crippen LogP contribution in [0.2, 0.25) is 0 Å². The number of nitrogens with one attached hydrogen (secondary N) is 2. The number of carboxylic acids is 2. The molecule has 0 unspecified atom stereocenters. The quantitative estimate of drug-likeness (QED) is 0.613. The third kappa shape index (κ3) is 4.45. The van der Waals surface area contributed by atoms with Gasteiger partial charge < -0.3 is 20.8 Å². The molecule has 1 aromatic carbocycles. The normalized spacial score (nSPS) is 9.65. The molecule has 0 bridgehead atoms. The second-order valence-corrected chi connectivity index (χ2v) is 4.17. The summed E-state index contributed by atoms with van der Waals surface area (Å²) < 4.78 is 0. The molecule has 0 spiro atoms. The molecule has 7 heteroatoms. The molecule has 0 aromatic heterocycles. The Kier molecular flexibility index (Phi) is 4.85. The third-order valence-corrected chi connectivity index (χ3v) is 2.24. The van der Waals surface area contributed by atoms with E-state index in [0.29, 0.717) is 0 Å². The van der Waals surface area contributed by atoms with Crippen LogP contribution in [0.1, 0.15) is 27.6 Å². The second-order valence-electron chi connectivity index (χ2n) is 4.17. The predicted molar refractivity (Wildman–Crippen MR) is 72.2 cm³/mol. The van der Waals surface area contributed by atoms with Crippen molar-refractivity contribution >= 4 is 23.7 Å². The van der Waals surface area contributed by atoms with Gasteiger partial charge in [-0.1, -0.05) is 12.2 Å². The second kappa shape index (κ2) is 6.37. The first-order chi connectivity index (χ1) is 9.29. The van der Waals surface area contributed by atoms with E-state index in [1.807, 2.05) is 0 Å². The number of carboxylic acid groups (broad SMARTS) is 2. The maximum atomic E-state index is 11.5. The van der Waals surface area contributed by atoms with Crippen LogP contribution >= 0.6 is 0 Å². The van der Waals surface area contributed by atoms with E-state index in [2.05, 4.69) is 17.2 Å². The zero-order chi connectivity index (χ0) is 15.3. The molecule has 0 aliphatic heterocycles. The van der Waals surface area contributed by atoms with Gasteiger partial charge in [0.2, 0.25) is 0 Å². The molecule has 0 radical (unpaired) electrons. The first-order valence-corrected chi connectivity index (χ1v) is 5.60. The van der Waals surface area contributed by atoms with Crippen molar-refractivity contribution < 1.29 is 24.6 Å². The van der Waals surface area contributed by atoms with Gasteiger partial charge in [-0.05, 0) is 25.1 Å². The molecule has 0 fully saturated rings. The highest BCUT2D eigenvalue weighted by Crippen LogP contribution is 2.15. The zero-order valence-electron chi connectivity index (χ0n) is 10.8. The van der Waals surface area contributed by atoms with E-state index in [1.165, 1.54) is 12.1 Å². The molecule has 0 heterocycles. The van der Waals surface area contributed by atoms with E-state index in [4.69, 9.17) is 10.2 Å². The minimum absolute atomic E-state index is 0.0847. The van der Waals surface area contributed by atoms with Crippen LogP contribution in [0.25, 0.3) is 0 Å². The zero-order valence-corrected chi connectivity index (χ0v) is 10.8. The first kappa shape index (κ1) is 15.2. The Morgan fingerprint density at radius 3 is 2.00 bits per heavy atom. The number of rotatable bonds is 5. The van der Waals surface area contributed by atoms with Gasteiger partial charge in [-0.2, -0.15) is 0 Å². The lowest BCUT2D eigenvalue weighted by Crippen LogP contribution is -2.30. The summed E-state index contributed by atoms with van der Waals surface area (Å²) in [5, 5.41) is 22.6. The molecule has 20 heavy (non-hydrogen) atoms. The van der Waals surface area contributed by atoms with Crippen LogP contribution in [-0.4, -0.2) is 34.7 Å². The summed E-state index contributed by atoms with van der Waals surface area (Å²) in [6.45, 7) is 5.60. The van der Waals surface area contributed by atoms with Crippen LogP contribution in [-0.2, 0) is 0 Å². The van der Waals surface area contributed by atoms with Crippen molar-refractivity contribution in [2.45, 2.75) is 6.92 Å². The van der Waals surface area contributed by atoms with E-state index in [9.17, 15) is 14.4 Å². The van der Waals surface area contributed by atoms with Crippen LogP contribution < -0.4 is 10.6 Å². The fourth-order valence-electron chi connectivity index (χ4n) is 1.35. The molecule has 106 valence electrons. The minimum Gasteiger partial charge on any atom is -0.478 e. The fourth-order valence-corrected chi connectivity index (χ4v) is 1.35. The lowest BCUT2D eigenvalue weighted by atomic mass is 10.1. The molecule has 7 nitrogen and oxygen atoms in total. The highest BCUT2D eigenvalue weighted by Gasteiger charge is 2.12. The standard InChI is InChI=1S/C13H14N2O5/c1-7(2)6-14-13(20)15-10-4-8(11(16)17)3-9(5-10)12(18)19/h3-5H,1,6H2,2H3,(H,16,17)(H,18,19)(H2,14,15,20). The Balaban J connectivity index is 2.94. The molecule has 0 atom stereocenters. The van der Waals surface area contributed by atoms with Crippen LogP contribution in [0.4, 0.5) is 10.5 Å². The van der Waals surface area contributed by atoms with E-state index >= 15 is 0 Å². The average Bonchev–Trinajstić information content (AvgIpc) is 2.35. The number of hydrogen-bond acceptors (Lipinski definition) is 3. The number of amides is 2. The van der Waals surface area contributed by atoms with E-state index in [1.54, 1.807) is 6.92 Å². The minimum atomic E-state index is -1.28. The molecule has 0 aliphatic rings. The molecule has 2 amide bonds. The van der Waals surface area contributed by atoms with E-state index in [0.717, 1.165) is 11.6 Å². The largest absolute Gasteiger partial charge is 0.478 e. The Morgan fingerprint density at radius 1 is 1.10 bits per heavy atom.